The molecule has 1 heterocycles. The molecule has 3 aromatic rings. The van der Waals surface area contributed by atoms with Gasteiger partial charge < -0.3 is 15.6 Å². The lowest BCUT2D eigenvalue weighted by Gasteiger charge is -2.21. The first-order valence-corrected chi connectivity index (χ1v) is 10.1. The number of pyridine rings is 1. The highest BCUT2D eigenvalue weighted by Crippen LogP contribution is 2.25. The Labute approximate surface area is 179 Å². The standard InChI is InChI=1S/C23H24ClN3O3/c1-13(2)20(21(25)28)27-12-11-17-18(23(27)30)5-4-6-19(17)26-22(29)14(3)15-7-9-16(24)10-8-15/h4-14,20H,1-3H3,(H2,25,28)(H,26,29)/t14-,20+/m0/s1. The van der Waals surface area contributed by atoms with Crippen LogP contribution in [-0.2, 0) is 9.59 Å². The van der Waals surface area contributed by atoms with Crippen LogP contribution in [-0.4, -0.2) is 16.4 Å². The normalized spacial score (nSPS) is 13.2. The van der Waals surface area contributed by atoms with Gasteiger partial charge in [0.05, 0.1) is 5.92 Å². The van der Waals surface area contributed by atoms with Crippen molar-refractivity contribution in [2.45, 2.75) is 32.7 Å². The van der Waals surface area contributed by atoms with E-state index >= 15 is 0 Å². The number of benzene rings is 2. The summed E-state index contributed by atoms with van der Waals surface area (Å²) in [6.07, 6.45) is 1.55. The SMILES string of the molecule is CC(C)[C@H](C(N)=O)n1ccc2c(NC(=O)[C@@H](C)c3ccc(Cl)cc3)cccc2c1=O. The number of amides is 2. The fourth-order valence-corrected chi connectivity index (χ4v) is 3.68. The molecule has 3 rings (SSSR count). The number of nitrogens with two attached hydrogens (primary N) is 1. The number of carbonyl (C=O) groups is 2. The van der Waals surface area contributed by atoms with E-state index in [0.29, 0.717) is 21.5 Å². The van der Waals surface area contributed by atoms with Crippen molar-refractivity contribution >= 4 is 39.9 Å². The summed E-state index contributed by atoms with van der Waals surface area (Å²) in [5, 5.41) is 4.52. The zero-order chi connectivity index (χ0) is 22.0. The Morgan fingerprint density at radius 2 is 1.67 bits per heavy atom. The molecule has 0 bridgehead atoms. The number of hydrogen-bond acceptors (Lipinski definition) is 3. The molecule has 2 atom stereocenters. The van der Waals surface area contributed by atoms with Crippen molar-refractivity contribution in [3.05, 3.63) is 75.7 Å². The van der Waals surface area contributed by atoms with Gasteiger partial charge in [-0.3, -0.25) is 14.4 Å². The van der Waals surface area contributed by atoms with Crippen LogP contribution >= 0.6 is 11.6 Å². The smallest absolute Gasteiger partial charge is 0.259 e. The molecule has 0 aliphatic carbocycles. The monoisotopic (exact) mass is 425 g/mol. The van der Waals surface area contributed by atoms with E-state index in [-0.39, 0.29) is 17.4 Å². The third-order valence-electron chi connectivity index (χ3n) is 5.22. The first kappa shape index (κ1) is 21.6. The molecule has 0 aliphatic rings. The summed E-state index contributed by atoms with van der Waals surface area (Å²) in [6.45, 7) is 5.47. The third-order valence-corrected chi connectivity index (χ3v) is 5.47. The zero-order valence-corrected chi connectivity index (χ0v) is 17.8. The van der Waals surface area contributed by atoms with Crippen LogP contribution in [0.25, 0.3) is 10.8 Å². The Balaban J connectivity index is 1.97. The summed E-state index contributed by atoms with van der Waals surface area (Å²) in [5.74, 6) is -1.31. The molecule has 2 amide bonds. The molecule has 30 heavy (non-hydrogen) atoms. The van der Waals surface area contributed by atoms with Gasteiger partial charge in [-0.2, -0.15) is 0 Å². The molecule has 2 aromatic carbocycles. The number of primary amides is 1. The molecule has 0 radical (unpaired) electrons. The molecule has 1 aromatic heterocycles. The maximum atomic E-state index is 13.0. The van der Waals surface area contributed by atoms with Crippen molar-refractivity contribution < 1.29 is 9.59 Å². The van der Waals surface area contributed by atoms with Crippen molar-refractivity contribution in [1.29, 1.82) is 0 Å². The van der Waals surface area contributed by atoms with E-state index in [0.717, 1.165) is 5.56 Å². The van der Waals surface area contributed by atoms with E-state index in [1.165, 1.54) is 4.57 Å². The molecule has 156 valence electrons. The maximum absolute atomic E-state index is 13.0. The molecule has 3 N–H and O–H groups in total. The molecular formula is C23H24ClN3O3. The molecule has 0 unspecified atom stereocenters. The van der Waals surface area contributed by atoms with Gasteiger partial charge in [0.2, 0.25) is 11.8 Å². The second-order valence-corrected chi connectivity index (χ2v) is 8.09. The van der Waals surface area contributed by atoms with E-state index in [1.54, 1.807) is 49.5 Å². The van der Waals surface area contributed by atoms with Crippen molar-refractivity contribution in [1.82, 2.24) is 4.57 Å². The van der Waals surface area contributed by atoms with Crippen LogP contribution in [0.15, 0.2) is 59.5 Å². The second kappa shape index (κ2) is 8.71. The quantitative estimate of drug-likeness (QED) is 0.623. The fourth-order valence-electron chi connectivity index (χ4n) is 3.55. The van der Waals surface area contributed by atoms with Crippen LogP contribution in [0, 0.1) is 5.92 Å². The van der Waals surface area contributed by atoms with Crippen molar-refractivity contribution in [3.8, 4) is 0 Å². The van der Waals surface area contributed by atoms with Crippen LogP contribution < -0.4 is 16.6 Å². The number of aromatic nitrogens is 1. The predicted molar refractivity (Wildman–Crippen MR) is 120 cm³/mol. The zero-order valence-electron chi connectivity index (χ0n) is 17.1. The minimum absolute atomic E-state index is 0.138. The summed E-state index contributed by atoms with van der Waals surface area (Å²) >= 11 is 5.92. The highest BCUT2D eigenvalue weighted by Gasteiger charge is 2.23. The van der Waals surface area contributed by atoms with Gasteiger partial charge in [-0.25, -0.2) is 0 Å². The van der Waals surface area contributed by atoms with Crippen LogP contribution in [0.5, 0.6) is 0 Å². The Hall–Kier alpha value is -3.12. The first-order chi connectivity index (χ1) is 14.2. The molecule has 7 heteroatoms. The Kier molecular flexibility index (Phi) is 6.27. The van der Waals surface area contributed by atoms with Crippen molar-refractivity contribution in [2.24, 2.45) is 11.7 Å². The summed E-state index contributed by atoms with van der Waals surface area (Å²) in [7, 11) is 0. The number of carbonyl (C=O) groups excluding carboxylic acids is 2. The van der Waals surface area contributed by atoms with Gasteiger partial charge in [-0.05, 0) is 48.7 Å². The lowest BCUT2D eigenvalue weighted by molar-refractivity contribution is -0.122. The predicted octanol–water partition coefficient (Wildman–Crippen LogP) is 4.08. The summed E-state index contributed by atoms with van der Waals surface area (Å²) in [4.78, 5) is 37.7. The lowest BCUT2D eigenvalue weighted by atomic mass is 10.00. The largest absolute Gasteiger partial charge is 0.368 e. The first-order valence-electron chi connectivity index (χ1n) is 9.70. The van der Waals surface area contributed by atoms with Crippen molar-refractivity contribution in [2.75, 3.05) is 5.32 Å². The van der Waals surface area contributed by atoms with E-state index in [1.807, 2.05) is 26.0 Å². The number of nitrogens with one attached hydrogen (secondary N) is 1. The molecule has 0 fully saturated rings. The number of rotatable bonds is 6. The van der Waals surface area contributed by atoms with Gasteiger partial charge >= 0.3 is 0 Å². The highest BCUT2D eigenvalue weighted by molar-refractivity contribution is 6.30. The fraction of sp³-hybridized carbons (Fsp3) is 0.261. The van der Waals surface area contributed by atoms with Gasteiger partial charge in [0, 0.05) is 27.7 Å². The Morgan fingerprint density at radius 1 is 1.00 bits per heavy atom. The van der Waals surface area contributed by atoms with E-state index < -0.39 is 17.9 Å². The average molecular weight is 426 g/mol. The number of hydrogen-bond donors (Lipinski definition) is 2. The van der Waals surface area contributed by atoms with Gasteiger partial charge in [0.15, 0.2) is 0 Å². The summed E-state index contributed by atoms with van der Waals surface area (Å²) in [6, 6.07) is 13.2. The van der Waals surface area contributed by atoms with Crippen LogP contribution in [0.3, 0.4) is 0 Å². The average Bonchev–Trinajstić information content (AvgIpc) is 2.70. The summed E-state index contributed by atoms with van der Waals surface area (Å²) in [5.41, 5.74) is 6.55. The number of halogens is 1. The minimum atomic E-state index is -0.745. The van der Waals surface area contributed by atoms with Crippen LogP contribution in [0.4, 0.5) is 5.69 Å². The molecule has 6 nitrogen and oxygen atoms in total. The maximum Gasteiger partial charge on any atom is 0.259 e. The lowest BCUT2D eigenvalue weighted by Crippen LogP contribution is -2.36. The van der Waals surface area contributed by atoms with Gasteiger partial charge in [-0.1, -0.05) is 43.6 Å². The van der Waals surface area contributed by atoms with E-state index in [9.17, 15) is 14.4 Å². The van der Waals surface area contributed by atoms with Gasteiger partial charge in [0.25, 0.3) is 5.56 Å². The number of fused-ring (bicyclic) bond motifs is 1. The molecule has 0 spiro atoms. The topological polar surface area (TPSA) is 94.2 Å². The van der Waals surface area contributed by atoms with E-state index in [2.05, 4.69) is 5.32 Å². The third kappa shape index (κ3) is 4.24. The molecule has 0 saturated heterocycles. The van der Waals surface area contributed by atoms with Gasteiger partial charge in [0.1, 0.15) is 6.04 Å². The Morgan fingerprint density at radius 3 is 2.27 bits per heavy atom. The van der Waals surface area contributed by atoms with Crippen LogP contribution in [0.1, 0.15) is 38.3 Å². The minimum Gasteiger partial charge on any atom is -0.368 e. The van der Waals surface area contributed by atoms with Gasteiger partial charge in [-0.15, -0.1) is 0 Å². The second-order valence-electron chi connectivity index (χ2n) is 7.65. The molecular weight excluding hydrogens is 402 g/mol. The van der Waals surface area contributed by atoms with Crippen molar-refractivity contribution in [3.63, 3.8) is 0 Å². The number of anilines is 1. The summed E-state index contributed by atoms with van der Waals surface area (Å²) < 4.78 is 1.36. The molecule has 0 saturated carbocycles. The van der Waals surface area contributed by atoms with Crippen LogP contribution in [0.2, 0.25) is 5.02 Å². The number of nitrogens with zero attached hydrogens (tertiary/aromatic N) is 1. The molecule has 0 aliphatic heterocycles. The Bertz CT molecular complexity index is 1150. The highest BCUT2D eigenvalue weighted by atomic mass is 35.5. The van der Waals surface area contributed by atoms with E-state index in [4.69, 9.17) is 17.3 Å².